The van der Waals surface area contributed by atoms with Gasteiger partial charge in [0.1, 0.15) is 5.75 Å². The van der Waals surface area contributed by atoms with Crippen molar-refractivity contribution in [3.05, 3.63) is 59.1 Å². The summed E-state index contributed by atoms with van der Waals surface area (Å²) in [6.45, 7) is 0.610. The van der Waals surface area contributed by atoms with Crippen LogP contribution in [0.3, 0.4) is 0 Å². The summed E-state index contributed by atoms with van der Waals surface area (Å²) < 4.78 is 7.63. The van der Waals surface area contributed by atoms with E-state index in [1.165, 1.54) is 0 Å². The molecule has 0 amide bonds. The highest BCUT2D eigenvalue weighted by Crippen LogP contribution is 2.27. The number of aromatic nitrogens is 4. The van der Waals surface area contributed by atoms with E-state index in [0.717, 1.165) is 16.9 Å². The molecule has 6 nitrogen and oxygen atoms in total. The fourth-order valence-electron chi connectivity index (χ4n) is 2.12. The lowest BCUT2D eigenvalue weighted by molar-refractivity contribution is 0.416. The SMILES string of the molecule is COc1ccccc1-c1n[nH]c(=S)n1NCc1ccncc1. The third-order valence-corrected chi connectivity index (χ3v) is 3.48. The van der Waals surface area contributed by atoms with Crippen LogP contribution in [0.2, 0.25) is 0 Å². The Labute approximate surface area is 132 Å². The molecular formula is C15H15N5OS. The molecule has 3 aromatic rings. The van der Waals surface area contributed by atoms with Crippen molar-refractivity contribution < 1.29 is 4.74 Å². The molecule has 3 rings (SSSR count). The molecule has 0 aliphatic heterocycles. The van der Waals surface area contributed by atoms with Crippen LogP contribution in [0.4, 0.5) is 0 Å². The van der Waals surface area contributed by atoms with Gasteiger partial charge in [0.15, 0.2) is 5.82 Å². The number of rotatable bonds is 5. The molecule has 0 spiro atoms. The second kappa shape index (κ2) is 6.40. The number of nitrogens with zero attached hydrogens (tertiary/aromatic N) is 3. The molecule has 0 radical (unpaired) electrons. The largest absolute Gasteiger partial charge is 0.496 e. The lowest BCUT2D eigenvalue weighted by Gasteiger charge is -2.12. The van der Waals surface area contributed by atoms with Crippen molar-refractivity contribution in [1.29, 1.82) is 0 Å². The molecule has 0 unspecified atom stereocenters. The summed E-state index contributed by atoms with van der Waals surface area (Å²) in [6, 6.07) is 11.6. The van der Waals surface area contributed by atoms with E-state index in [2.05, 4.69) is 20.6 Å². The molecule has 22 heavy (non-hydrogen) atoms. The minimum Gasteiger partial charge on any atom is -0.496 e. The van der Waals surface area contributed by atoms with Gasteiger partial charge in [-0.25, -0.2) is 9.77 Å². The van der Waals surface area contributed by atoms with Crippen molar-refractivity contribution in [2.24, 2.45) is 0 Å². The molecule has 2 heterocycles. The molecule has 0 atom stereocenters. The molecule has 0 fully saturated rings. The molecule has 1 aromatic carbocycles. The standard InChI is InChI=1S/C15H15N5OS/c1-21-13-5-3-2-4-12(13)14-18-19-15(22)20(14)17-10-11-6-8-16-9-7-11/h2-9,17H,10H2,1H3,(H,19,22). The van der Waals surface area contributed by atoms with Crippen LogP contribution in [-0.4, -0.2) is 27.0 Å². The van der Waals surface area contributed by atoms with Crippen LogP contribution in [0.5, 0.6) is 5.75 Å². The number of benzene rings is 1. The predicted molar refractivity (Wildman–Crippen MR) is 86.7 cm³/mol. The second-order valence-corrected chi connectivity index (χ2v) is 4.97. The fraction of sp³-hybridized carbons (Fsp3) is 0.133. The third-order valence-electron chi connectivity index (χ3n) is 3.21. The minimum atomic E-state index is 0.495. The van der Waals surface area contributed by atoms with E-state index in [1.807, 2.05) is 36.4 Å². The number of para-hydroxylation sites is 1. The van der Waals surface area contributed by atoms with E-state index in [9.17, 15) is 0 Å². The Kier molecular flexibility index (Phi) is 4.15. The van der Waals surface area contributed by atoms with Gasteiger partial charge in [0.2, 0.25) is 4.77 Å². The van der Waals surface area contributed by atoms with Crippen molar-refractivity contribution in [3.63, 3.8) is 0 Å². The van der Waals surface area contributed by atoms with Crippen LogP contribution in [0.15, 0.2) is 48.8 Å². The predicted octanol–water partition coefficient (Wildman–Crippen LogP) is 2.75. The lowest BCUT2D eigenvalue weighted by Crippen LogP contribution is -2.16. The highest BCUT2D eigenvalue weighted by atomic mass is 32.1. The first kappa shape index (κ1) is 14.3. The van der Waals surface area contributed by atoms with Crippen molar-refractivity contribution in [2.45, 2.75) is 6.54 Å². The summed E-state index contributed by atoms with van der Waals surface area (Å²) in [7, 11) is 1.63. The maximum absolute atomic E-state index is 5.39. The summed E-state index contributed by atoms with van der Waals surface area (Å²) in [5, 5.41) is 7.11. The summed E-state index contributed by atoms with van der Waals surface area (Å²) >= 11 is 5.30. The first-order chi connectivity index (χ1) is 10.8. The molecule has 2 N–H and O–H groups in total. The molecule has 0 saturated carbocycles. The molecule has 0 saturated heterocycles. The Morgan fingerprint density at radius 3 is 2.77 bits per heavy atom. The monoisotopic (exact) mass is 313 g/mol. The number of hydrogen-bond donors (Lipinski definition) is 2. The van der Waals surface area contributed by atoms with E-state index in [0.29, 0.717) is 17.1 Å². The Bertz CT molecular complexity index is 812. The molecule has 7 heteroatoms. The number of nitrogens with one attached hydrogen (secondary N) is 2. The molecule has 0 bridgehead atoms. The molecular weight excluding hydrogens is 298 g/mol. The van der Waals surface area contributed by atoms with Crippen molar-refractivity contribution in [1.82, 2.24) is 19.9 Å². The number of hydrogen-bond acceptors (Lipinski definition) is 5. The molecule has 0 aliphatic carbocycles. The van der Waals surface area contributed by atoms with E-state index < -0.39 is 0 Å². The smallest absolute Gasteiger partial charge is 0.214 e. The topological polar surface area (TPSA) is 67.8 Å². The summed E-state index contributed by atoms with van der Waals surface area (Å²) in [4.78, 5) is 4.01. The van der Waals surface area contributed by atoms with Gasteiger partial charge in [-0.05, 0) is 42.0 Å². The maximum Gasteiger partial charge on any atom is 0.214 e. The van der Waals surface area contributed by atoms with Gasteiger partial charge in [-0.15, -0.1) is 0 Å². The third kappa shape index (κ3) is 2.84. The summed E-state index contributed by atoms with van der Waals surface area (Å²) in [5.41, 5.74) is 5.22. The highest BCUT2D eigenvalue weighted by molar-refractivity contribution is 7.71. The lowest BCUT2D eigenvalue weighted by atomic mass is 10.2. The van der Waals surface area contributed by atoms with Gasteiger partial charge in [0.05, 0.1) is 19.2 Å². The molecule has 2 aromatic heterocycles. The normalized spacial score (nSPS) is 10.4. The van der Waals surface area contributed by atoms with Gasteiger partial charge in [0.25, 0.3) is 0 Å². The zero-order chi connectivity index (χ0) is 15.4. The second-order valence-electron chi connectivity index (χ2n) is 4.58. The summed E-state index contributed by atoms with van der Waals surface area (Å²) in [6.07, 6.45) is 3.51. The number of ether oxygens (including phenoxy) is 1. The maximum atomic E-state index is 5.39. The van der Waals surface area contributed by atoms with Gasteiger partial charge in [-0.2, -0.15) is 5.10 Å². The van der Waals surface area contributed by atoms with Crippen molar-refractivity contribution >= 4 is 12.2 Å². The van der Waals surface area contributed by atoms with E-state index >= 15 is 0 Å². The van der Waals surface area contributed by atoms with Gasteiger partial charge >= 0.3 is 0 Å². The van der Waals surface area contributed by atoms with Crippen LogP contribution in [0.1, 0.15) is 5.56 Å². The van der Waals surface area contributed by atoms with Crippen LogP contribution in [-0.2, 0) is 6.54 Å². The van der Waals surface area contributed by atoms with Crippen LogP contribution < -0.4 is 10.2 Å². The quantitative estimate of drug-likeness (QED) is 0.709. The van der Waals surface area contributed by atoms with Gasteiger partial charge in [-0.1, -0.05) is 12.1 Å². The Morgan fingerprint density at radius 1 is 1.23 bits per heavy atom. The first-order valence-electron chi connectivity index (χ1n) is 6.73. The van der Waals surface area contributed by atoms with Gasteiger partial charge in [-0.3, -0.25) is 4.98 Å². The van der Waals surface area contributed by atoms with Crippen LogP contribution >= 0.6 is 12.2 Å². The van der Waals surface area contributed by atoms with Gasteiger partial charge in [0, 0.05) is 12.4 Å². The van der Waals surface area contributed by atoms with E-state index in [-0.39, 0.29) is 0 Å². The fourth-order valence-corrected chi connectivity index (χ4v) is 2.32. The van der Waals surface area contributed by atoms with Crippen molar-refractivity contribution in [3.8, 4) is 17.1 Å². The highest BCUT2D eigenvalue weighted by Gasteiger charge is 2.13. The number of aromatic amines is 1. The van der Waals surface area contributed by atoms with Crippen LogP contribution in [0.25, 0.3) is 11.4 Å². The average Bonchev–Trinajstić information content (AvgIpc) is 2.94. The Hall–Kier alpha value is -2.67. The minimum absolute atomic E-state index is 0.495. The summed E-state index contributed by atoms with van der Waals surface area (Å²) in [5.74, 6) is 1.42. The van der Waals surface area contributed by atoms with Crippen molar-refractivity contribution in [2.75, 3.05) is 12.5 Å². The number of H-pyrrole nitrogens is 1. The van der Waals surface area contributed by atoms with Gasteiger partial charge < -0.3 is 10.2 Å². The Morgan fingerprint density at radius 2 is 2.00 bits per heavy atom. The zero-order valence-electron chi connectivity index (χ0n) is 12.0. The number of methoxy groups -OCH3 is 1. The van der Waals surface area contributed by atoms with E-state index in [1.54, 1.807) is 24.2 Å². The number of pyridine rings is 1. The average molecular weight is 313 g/mol. The molecule has 112 valence electrons. The zero-order valence-corrected chi connectivity index (χ0v) is 12.8. The first-order valence-corrected chi connectivity index (χ1v) is 7.14. The molecule has 0 aliphatic rings. The van der Waals surface area contributed by atoms with E-state index in [4.69, 9.17) is 17.0 Å². The van der Waals surface area contributed by atoms with Crippen LogP contribution in [0, 0.1) is 4.77 Å². The Balaban J connectivity index is 1.93.